The maximum atomic E-state index is 7.45. The molecule has 0 aromatic carbocycles. The van der Waals surface area contributed by atoms with Crippen LogP contribution in [0.3, 0.4) is 0 Å². The molecule has 0 aliphatic carbocycles. The molecule has 0 saturated carbocycles. The first-order chi connectivity index (χ1) is 5.24. The van der Waals surface area contributed by atoms with Gasteiger partial charge in [-0.25, -0.2) is 4.98 Å². The number of hydrogen-bond donors (Lipinski definition) is 1. The molecule has 1 N–H and O–H groups in total. The van der Waals surface area contributed by atoms with E-state index < -0.39 is 0 Å². The lowest BCUT2D eigenvalue weighted by atomic mass is 10.3. The summed E-state index contributed by atoms with van der Waals surface area (Å²) in [5.74, 6) is 0. The molecule has 0 aliphatic rings. The van der Waals surface area contributed by atoms with E-state index in [2.05, 4.69) is 4.98 Å². The second-order valence-corrected chi connectivity index (χ2v) is 3.10. The average Bonchev–Trinajstić information content (AvgIpc) is 2.03. The first-order valence-electron chi connectivity index (χ1n) is 2.98. The molecule has 1 rings (SSSR count). The Bertz CT molecular complexity index is 275. The number of nitrogens with one attached hydrogen (secondary N) is 1. The van der Waals surface area contributed by atoms with E-state index in [0.29, 0.717) is 10.2 Å². The first kappa shape index (κ1) is 8.56. The van der Waals surface area contributed by atoms with E-state index in [1.807, 2.05) is 6.26 Å². The third-order valence-corrected chi connectivity index (χ3v) is 2.04. The third kappa shape index (κ3) is 2.20. The lowest BCUT2D eigenvalue weighted by molar-refractivity contribution is 1.32. The standard InChI is InChI=1S/C7H7ClN2S/c1-11-7(9)5-2-3-10-6(8)4-5/h2-4,9H,1H3. The maximum absolute atomic E-state index is 7.45. The predicted molar refractivity (Wildman–Crippen MR) is 49.6 cm³/mol. The second-order valence-electron chi connectivity index (χ2n) is 1.90. The Hall–Kier alpha value is -0.540. The predicted octanol–water partition coefficient (Wildman–Crippen LogP) is 2.42. The monoisotopic (exact) mass is 186 g/mol. The Morgan fingerprint density at radius 3 is 3.00 bits per heavy atom. The van der Waals surface area contributed by atoms with Crippen molar-refractivity contribution in [2.75, 3.05) is 6.26 Å². The molecule has 0 spiro atoms. The van der Waals surface area contributed by atoms with Crippen LogP contribution in [0.5, 0.6) is 0 Å². The van der Waals surface area contributed by atoms with Gasteiger partial charge in [0.1, 0.15) is 5.15 Å². The van der Waals surface area contributed by atoms with E-state index in [-0.39, 0.29) is 0 Å². The highest BCUT2D eigenvalue weighted by Gasteiger charge is 1.99. The minimum absolute atomic E-state index is 0.432. The molecule has 1 aromatic heterocycles. The molecule has 1 aromatic rings. The van der Waals surface area contributed by atoms with Crippen molar-refractivity contribution >= 4 is 28.4 Å². The van der Waals surface area contributed by atoms with Gasteiger partial charge in [-0.2, -0.15) is 0 Å². The summed E-state index contributed by atoms with van der Waals surface area (Å²) in [6.07, 6.45) is 3.46. The highest BCUT2D eigenvalue weighted by Crippen LogP contribution is 2.12. The highest BCUT2D eigenvalue weighted by molar-refractivity contribution is 8.13. The highest BCUT2D eigenvalue weighted by atomic mass is 35.5. The second kappa shape index (κ2) is 3.74. The zero-order valence-corrected chi connectivity index (χ0v) is 7.54. The summed E-state index contributed by atoms with van der Waals surface area (Å²) in [6.45, 7) is 0. The van der Waals surface area contributed by atoms with Crippen molar-refractivity contribution in [3.8, 4) is 0 Å². The molecule has 0 radical (unpaired) electrons. The summed E-state index contributed by atoms with van der Waals surface area (Å²) < 4.78 is 0. The Labute approximate surface area is 74.5 Å². The normalized spacial score (nSPS) is 9.64. The van der Waals surface area contributed by atoms with Crippen molar-refractivity contribution < 1.29 is 0 Å². The van der Waals surface area contributed by atoms with Gasteiger partial charge < -0.3 is 0 Å². The van der Waals surface area contributed by atoms with Gasteiger partial charge in [-0.1, -0.05) is 11.6 Å². The van der Waals surface area contributed by atoms with Crippen LogP contribution in [0.1, 0.15) is 5.56 Å². The number of rotatable bonds is 1. The smallest absolute Gasteiger partial charge is 0.129 e. The molecular weight excluding hydrogens is 180 g/mol. The molecule has 4 heteroatoms. The zero-order valence-electron chi connectivity index (χ0n) is 5.97. The molecule has 0 unspecified atom stereocenters. The summed E-state index contributed by atoms with van der Waals surface area (Å²) in [6, 6.07) is 3.45. The van der Waals surface area contributed by atoms with Crippen LogP contribution in [-0.2, 0) is 0 Å². The molecule has 0 bridgehead atoms. The minimum atomic E-state index is 0.432. The van der Waals surface area contributed by atoms with Crippen LogP contribution in [-0.4, -0.2) is 16.3 Å². The topological polar surface area (TPSA) is 36.7 Å². The SMILES string of the molecule is CSC(=N)c1ccnc(Cl)c1. The summed E-state index contributed by atoms with van der Waals surface area (Å²) in [5.41, 5.74) is 0.817. The molecule has 1 heterocycles. The largest absolute Gasteiger partial charge is 0.293 e. The fourth-order valence-corrected chi connectivity index (χ4v) is 1.20. The van der Waals surface area contributed by atoms with Crippen molar-refractivity contribution in [3.05, 3.63) is 29.0 Å². The van der Waals surface area contributed by atoms with Gasteiger partial charge >= 0.3 is 0 Å². The number of halogens is 1. The van der Waals surface area contributed by atoms with Crippen molar-refractivity contribution in [1.29, 1.82) is 5.41 Å². The van der Waals surface area contributed by atoms with Gasteiger partial charge in [0.05, 0.1) is 5.04 Å². The molecule has 2 nitrogen and oxygen atoms in total. The van der Waals surface area contributed by atoms with Gasteiger partial charge in [0.25, 0.3) is 0 Å². The van der Waals surface area contributed by atoms with Gasteiger partial charge in [0.15, 0.2) is 0 Å². The average molecular weight is 187 g/mol. The summed E-state index contributed by atoms with van der Waals surface area (Å²) in [5, 5.41) is 8.39. The van der Waals surface area contributed by atoms with E-state index in [1.54, 1.807) is 18.3 Å². The minimum Gasteiger partial charge on any atom is -0.293 e. The number of nitrogens with zero attached hydrogens (tertiary/aromatic N) is 1. The van der Waals surface area contributed by atoms with Crippen molar-refractivity contribution in [2.24, 2.45) is 0 Å². The Morgan fingerprint density at radius 1 is 1.73 bits per heavy atom. The van der Waals surface area contributed by atoms with Crippen LogP contribution in [0.25, 0.3) is 0 Å². The Morgan fingerprint density at radius 2 is 2.45 bits per heavy atom. The molecule has 58 valence electrons. The molecular formula is C7H7ClN2S. The number of pyridine rings is 1. The zero-order chi connectivity index (χ0) is 8.27. The fourth-order valence-electron chi connectivity index (χ4n) is 0.662. The molecule has 0 atom stereocenters. The summed E-state index contributed by atoms with van der Waals surface area (Å²) in [4.78, 5) is 3.82. The molecule has 0 fully saturated rings. The van der Waals surface area contributed by atoms with Crippen LogP contribution < -0.4 is 0 Å². The van der Waals surface area contributed by atoms with Gasteiger partial charge in [0, 0.05) is 11.8 Å². The number of thioether (sulfide) groups is 1. The lowest BCUT2D eigenvalue weighted by Crippen LogP contribution is -1.91. The Balaban J connectivity index is 2.96. The fraction of sp³-hybridized carbons (Fsp3) is 0.143. The van der Waals surface area contributed by atoms with Crippen LogP contribution in [0.4, 0.5) is 0 Å². The lowest BCUT2D eigenvalue weighted by Gasteiger charge is -1.98. The van der Waals surface area contributed by atoms with Crippen molar-refractivity contribution in [1.82, 2.24) is 4.98 Å². The van der Waals surface area contributed by atoms with Crippen LogP contribution in [0.2, 0.25) is 5.15 Å². The van der Waals surface area contributed by atoms with Crippen LogP contribution in [0.15, 0.2) is 18.3 Å². The molecule has 0 amide bonds. The molecule has 0 aliphatic heterocycles. The third-order valence-electron chi connectivity index (χ3n) is 1.19. The van der Waals surface area contributed by atoms with Crippen molar-refractivity contribution in [3.63, 3.8) is 0 Å². The molecule has 11 heavy (non-hydrogen) atoms. The summed E-state index contributed by atoms with van der Waals surface area (Å²) >= 11 is 7.01. The number of hydrogen-bond acceptors (Lipinski definition) is 3. The Kier molecular flexibility index (Phi) is 2.91. The summed E-state index contributed by atoms with van der Waals surface area (Å²) in [7, 11) is 0. The van der Waals surface area contributed by atoms with E-state index >= 15 is 0 Å². The van der Waals surface area contributed by atoms with E-state index in [9.17, 15) is 0 Å². The maximum Gasteiger partial charge on any atom is 0.129 e. The van der Waals surface area contributed by atoms with Gasteiger partial charge in [-0.05, 0) is 18.4 Å². The quantitative estimate of drug-likeness (QED) is 0.416. The van der Waals surface area contributed by atoms with Gasteiger partial charge in [0.2, 0.25) is 0 Å². The van der Waals surface area contributed by atoms with Gasteiger partial charge in [-0.3, -0.25) is 5.41 Å². The van der Waals surface area contributed by atoms with E-state index in [0.717, 1.165) is 5.56 Å². The van der Waals surface area contributed by atoms with E-state index in [1.165, 1.54) is 11.8 Å². The number of aromatic nitrogens is 1. The molecule has 0 saturated heterocycles. The van der Waals surface area contributed by atoms with Crippen LogP contribution >= 0.6 is 23.4 Å². The van der Waals surface area contributed by atoms with Gasteiger partial charge in [-0.15, -0.1) is 11.8 Å². The first-order valence-corrected chi connectivity index (χ1v) is 4.59. The van der Waals surface area contributed by atoms with Crippen LogP contribution in [0, 0.1) is 5.41 Å². The van der Waals surface area contributed by atoms with E-state index in [4.69, 9.17) is 17.0 Å². The van der Waals surface area contributed by atoms with Crippen molar-refractivity contribution in [2.45, 2.75) is 0 Å².